The number of nitrogens with zero attached hydrogens (tertiary/aromatic N) is 2. The first-order valence-electron chi connectivity index (χ1n) is 9.12. The highest BCUT2D eigenvalue weighted by molar-refractivity contribution is 5.93. The van der Waals surface area contributed by atoms with Crippen LogP contribution in [0, 0.1) is 5.82 Å². The number of benzene rings is 2. The molecule has 1 aliphatic carbocycles. The lowest BCUT2D eigenvalue weighted by Gasteiger charge is -2.19. The average Bonchev–Trinajstić information content (AvgIpc) is 2.62. The normalized spacial score (nSPS) is 14.4. The van der Waals surface area contributed by atoms with Crippen molar-refractivity contribution in [3.8, 4) is 0 Å². The molecule has 2 aromatic carbocycles. The molecule has 0 spiro atoms. The van der Waals surface area contributed by atoms with Gasteiger partial charge in [0.15, 0.2) is 5.96 Å². The predicted molar refractivity (Wildman–Crippen MR) is 106 cm³/mol. The summed E-state index contributed by atoms with van der Waals surface area (Å²) >= 11 is 0. The van der Waals surface area contributed by atoms with Gasteiger partial charge in [0, 0.05) is 17.8 Å². The second kappa shape index (κ2) is 8.32. The van der Waals surface area contributed by atoms with Crippen LogP contribution in [0.2, 0.25) is 0 Å². The van der Waals surface area contributed by atoms with Gasteiger partial charge in [0.25, 0.3) is 0 Å². The van der Waals surface area contributed by atoms with Crippen LogP contribution < -0.4 is 11.1 Å². The molecule has 1 aliphatic rings. The number of rotatable bonds is 5. The Morgan fingerprint density at radius 1 is 1.19 bits per heavy atom. The zero-order valence-electron chi connectivity index (χ0n) is 15.6. The van der Waals surface area contributed by atoms with Crippen molar-refractivity contribution in [2.75, 3.05) is 19.4 Å². The first kappa shape index (κ1) is 18.4. The highest BCUT2D eigenvalue weighted by Gasteiger charge is 2.13. The average molecular weight is 354 g/mol. The van der Waals surface area contributed by atoms with Gasteiger partial charge in [-0.05, 0) is 74.7 Å². The van der Waals surface area contributed by atoms with Gasteiger partial charge in [-0.2, -0.15) is 0 Å². The van der Waals surface area contributed by atoms with E-state index in [0.717, 1.165) is 24.1 Å². The zero-order chi connectivity index (χ0) is 18.5. The monoisotopic (exact) mass is 354 g/mol. The van der Waals surface area contributed by atoms with E-state index in [1.807, 2.05) is 25.1 Å². The van der Waals surface area contributed by atoms with Gasteiger partial charge < -0.3 is 16.0 Å². The number of fused-ring (bicyclic) bond motifs is 1. The predicted octanol–water partition coefficient (Wildman–Crippen LogP) is 3.69. The van der Waals surface area contributed by atoms with Crippen LogP contribution in [0.3, 0.4) is 0 Å². The Bertz CT molecular complexity index is 799. The van der Waals surface area contributed by atoms with Crippen LogP contribution in [0.5, 0.6) is 0 Å². The summed E-state index contributed by atoms with van der Waals surface area (Å²) < 4.78 is 13.9. The van der Waals surface area contributed by atoms with Crippen LogP contribution in [-0.4, -0.2) is 25.0 Å². The van der Waals surface area contributed by atoms with Gasteiger partial charge in [-0.1, -0.05) is 18.2 Å². The number of nitrogens with two attached hydrogens (primary N) is 1. The lowest BCUT2D eigenvalue weighted by atomic mass is 9.90. The van der Waals surface area contributed by atoms with Crippen molar-refractivity contribution in [1.29, 1.82) is 0 Å². The van der Waals surface area contributed by atoms with Crippen molar-refractivity contribution >= 4 is 11.6 Å². The lowest BCUT2D eigenvalue weighted by molar-refractivity contribution is 0.392. The Kier molecular flexibility index (Phi) is 5.89. The van der Waals surface area contributed by atoms with E-state index in [1.165, 1.54) is 30.0 Å². The van der Waals surface area contributed by atoms with E-state index in [0.29, 0.717) is 24.6 Å². The number of aliphatic imine (C=N–C) groups is 1. The summed E-state index contributed by atoms with van der Waals surface area (Å²) in [6.45, 7) is 0.988. The third kappa shape index (κ3) is 4.61. The molecule has 0 fully saturated rings. The number of halogens is 1. The quantitative estimate of drug-likeness (QED) is 0.636. The summed E-state index contributed by atoms with van der Waals surface area (Å²) in [7, 11) is 3.85. The van der Waals surface area contributed by atoms with Gasteiger partial charge >= 0.3 is 0 Å². The van der Waals surface area contributed by atoms with E-state index in [-0.39, 0.29) is 5.82 Å². The summed E-state index contributed by atoms with van der Waals surface area (Å²) in [5.74, 6) is 0.205. The molecular formula is C21H27FN4. The number of hydrogen-bond donors (Lipinski definition) is 2. The Balaban J connectivity index is 1.70. The fourth-order valence-electron chi connectivity index (χ4n) is 3.44. The summed E-state index contributed by atoms with van der Waals surface area (Å²) in [6.07, 6.45) is 4.68. The fraction of sp³-hybridized carbons (Fsp3) is 0.381. The molecular weight excluding hydrogens is 327 g/mol. The van der Waals surface area contributed by atoms with Gasteiger partial charge in [0.1, 0.15) is 5.82 Å². The molecule has 0 heterocycles. The van der Waals surface area contributed by atoms with Gasteiger partial charge in [-0.25, -0.2) is 9.38 Å². The minimum absolute atomic E-state index is 0.187. The van der Waals surface area contributed by atoms with Gasteiger partial charge in [0.2, 0.25) is 0 Å². The second-order valence-electron chi connectivity index (χ2n) is 7.14. The van der Waals surface area contributed by atoms with E-state index in [1.54, 1.807) is 6.07 Å². The van der Waals surface area contributed by atoms with E-state index >= 15 is 0 Å². The second-order valence-corrected chi connectivity index (χ2v) is 7.14. The molecule has 3 rings (SSSR count). The smallest absolute Gasteiger partial charge is 0.193 e. The Morgan fingerprint density at radius 2 is 2.00 bits per heavy atom. The third-order valence-corrected chi connectivity index (χ3v) is 4.69. The van der Waals surface area contributed by atoms with Crippen molar-refractivity contribution in [3.05, 3.63) is 64.5 Å². The Hall–Kier alpha value is -2.40. The molecule has 0 unspecified atom stereocenters. The van der Waals surface area contributed by atoms with Crippen molar-refractivity contribution in [2.45, 2.75) is 38.8 Å². The van der Waals surface area contributed by atoms with Gasteiger partial charge in [0.05, 0.1) is 6.54 Å². The topological polar surface area (TPSA) is 53.6 Å². The van der Waals surface area contributed by atoms with Crippen molar-refractivity contribution in [3.63, 3.8) is 0 Å². The SMILES string of the molecule is CN(C)Cc1cc(CN=C(N)Nc2cccc3c2CCCC3)ccc1F. The molecule has 0 saturated carbocycles. The summed E-state index contributed by atoms with van der Waals surface area (Å²) in [4.78, 5) is 6.38. The Morgan fingerprint density at radius 3 is 2.81 bits per heavy atom. The highest BCUT2D eigenvalue weighted by atomic mass is 19.1. The molecule has 0 saturated heterocycles. The molecule has 5 heteroatoms. The van der Waals surface area contributed by atoms with E-state index < -0.39 is 0 Å². The molecule has 3 N–H and O–H groups in total. The summed E-state index contributed by atoms with van der Waals surface area (Å²) in [6, 6.07) is 11.4. The molecule has 0 bridgehead atoms. The van der Waals surface area contributed by atoms with Crippen LogP contribution in [0.15, 0.2) is 41.4 Å². The van der Waals surface area contributed by atoms with E-state index in [4.69, 9.17) is 5.73 Å². The number of aryl methyl sites for hydroxylation is 1. The molecule has 4 nitrogen and oxygen atoms in total. The zero-order valence-corrected chi connectivity index (χ0v) is 15.6. The molecule has 0 amide bonds. The summed E-state index contributed by atoms with van der Waals surface area (Å²) in [5.41, 5.74) is 11.5. The number of guanidine groups is 1. The fourth-order valence-corrected chi connectivity index (χ4v) is 3.44. The standard InChI is InChI=1S/C21H27FN4/c1-26(2)14-17-12-15(10-11-19(17)22)13-24-21(23)25-20-9-5-7-16-6-3-4-8-18(16)20/h5,7,9-12H,3-4,6,8,13-14H2,1-2H3,(H3,23,24,25). The van der Waals surface area contributed by atoms with Crippen LogP contribution in [-0.2, 0) is 25.9 Å². The molecule has 0 atom stereocenters. The van der Waals surface area contributed by atoms with Crippen LogP contribution >= 0.6 is 0 Å². The van der Waals surface area contributed by atoms with Crippen molar-refractivity contribution in [1.82, 2.24) is 4.90 Å². The molecule has 138 valence electrons. The molecule has 0 aromatic heterocycles. The summed E-state index contributed by atoms with van der Waals surface area (Å²) in [5, 5.41) is 3.24. The van der Waals surface area contributed by atoms with Gasteiger partial charge in [-0.3, -0.25) is 0 Å². The van der Waals surface area contributed by atoms with Crippen LogP contribution in [0.1, 0.15) is 35.1 Å². The van der Waals surface area contributed by atoms with Crippen molar-refractivity contribution in [2.24, 2.45) is 10.7 Å². The first-order chi connectivity index (χ1) is 12.5. The third-order valence-electron chi connectivity index (χ3n) is 4.69. The molecule has 0 aliphatic heterocycles. The lowest BCUT2D eigenvalue weighted by Crippen LogP contribution is -2.24. The number of nitrogens with one attached hydrogen (secondary N) is 1. The number of anilines is 1. The maximum absolute atomic E-state index is 13.9. The molecule has 2 aromatic rings. The van der Waals surface area contributed by atoms with E-state index in [2.05, 4.69) is 28.5 Å². The minimum Gasteiger partial charge on any atom is -0.370 e. The largest absolute Gasteiger partial charge is 0.370 e. The molecule has 0 radical (unpaired) electrons. The van der Waals surface area contributed by atoms with Crippen LogP contribution in [0.4, 0.5) is 10.1 Å². The van der Waals surface area contributed by atoms with Crippen LogP contribution in [0.25, 0.3) is 0 Å². The Labute approximate surface area is 154 Å². The number of hydrogen-bond acceptors (Lipinski definition) is 2. The minimum atomic E-state index is -0.187. The van der Waals surface area contributed by atoms with Crippen molar-refractivity contribution < 1.29 is 4.39 Å². The molecule has 26 heavy (non-hydrogen) atoms. The van der Waals surface area contributed by atoms with Gasteiger partial charge in [-0.15, -0.1) is 0 Å². The maximum atomic E-state index is 13.9. The van der Waals surface area contributed by atoms with E-state index in [9.17, 15) is 4.39 Å². The highest BCUT2D eigenvalue weighted by Crippen LogP contribution is 2.27. The first-order valence-corrected chi connectivity index (χ1v) is 9.12. The maximum Gasteiger partial charge on any atom is 0.193 e.